The Morgan fingerprint density at radius 1 is 1.50 bits per heavy atom. The topological polar surface area (TPSA) is 63.7 Å². The highest BCUT2D eigenvalue weighted by Crippen LogP contribution is 2.14. The molecule has 2 amide bonds. The van der Waals surface area contributed by atoms with E-state index in [9.17, 15) is 4.79 Å². The van der Waals surface area contributed by atoms with Gasteiger partial charge in [0.2, 0.25) is 5.88 Å². The lowest BCUT2D eigenvalue weighted by molar-refractivity contribution is -0.0545. The third-order valence-corrected chi connectivity index (χ3v) is 3.18. The number of ether oxygens (including phenoxy) is 2. The van der Waals surface area contributed by atoms with E-state index in [0.717, 1.165) is 5.56 Å². The average Bonchev–Trinajstić information content (AvgIpc) is 2.44. The molecule has 1 aliphatic rings. The summed E-state index contributed by atoms with van der Waals surface area (Å²) in [6.45, 7) is 5.57. The second-order valence-electron chi connectivity index (χ2n) is 4.99. The summed E-state index contributed by atoms with van der Waals surface area (Å²) in [6, 6.07) is 3.62. The van der Waals surface area contributed by atoms with Crippen LogP contribution in [0.4, 0.5) is 4.79 Å². The van der Waals surface area contributed by atoms with Crippen molar-refractivity contribution in [2.75, 3.05) is 20.2 Å². The molecule has 110 valence electrons. The van der Waals surface area contributed by atoms with Gasteiger partial charge >= 0.3 is 6.03 Å². The fraction of sp³-hybridized carbons (Fsp3) is 0.571. The molecule has 2 heterocycles. The molecule has 2 rings (SSSR count). The second kappa shape index (κ2) is 6.56. The maximum atomic E-state index is 12.2. The number of hydrogen-bond acceptors (Lipinski definition) is 4. The molecule has 6 heteroatoms. The summed E-state index contributed by atoms with van der Waals surface area (Å²) in [7, 11) is 1.57. The Kier molecular flexibility index (Phi) is 4.79. The molecule has 6 nitrogen and oxygen atoms in total. The molecule has 1 N–H and O–H groups in total. The molecule has 2 atom stereocenters. The highest BCUT2D eigenvalue weighted by Gasteiger charge is 2.25. The largest absolute Gasteiger partial charge is 0.481 e. The first kappa shape index (κ1) is 14.6. The number of urea groups is 1. The van der Waals surface area contributed by atoms with Crippen LogP contribution in [-0.2, 0) is 11.3 Å². The van der Waals surface area contributed by atoms with Gasteiger partial charge in [-0.2, -0.15) is 0 Å². The minimum absolute atomic E-state index is 0.0671. The van der Waals surface area contributed by atoms with E-state index in [-0.39, 0.29) is 18.2 Å². The summed E-state index contributed by atoms with van der Waals surface area (Å²) in [4.78, 5) is 18.0. The van der Waals surface area contributed by atoms with E-state index in [1.54, 1.807) is 18.2 Å². The van der Waals surface area contributed by atoms with Gasteiger partial charge in [-0.15, -0.1) is 0 Å². The third kappa shape index (κ3) is 3.60. The van der Waals surface area contributed by atoms with E-state index in [1.165, 1.54) is 0 Å². The van der Waals surface area contributed by atoms with Crippen molar-refractivity contribution in [2.45, 2.75) is 32.6 Å². The van der Waals surface area contributed by atoms with E-state index < -0.39 is 0 Å². The van der Waals surface area contributed by atoms with Crippen molar-refractivity contribution in [3.05, 3.63) is 23.9 Å². The zero-order valence-corrected chi connectivity index (χ0v) is 12.1. The average molecular weight is 279 g/mol. The van der Waals surface area contributed by atoms with Gasteiger partial charge in [0.05, 0.1) is 19.3 Å². The zero-order chi connectivity index (χ0) is 14.5. The van der Waals surface area contributed by atoms with Gasteiger partial charge in [0, 0.05) is 31.4 Å². The van der Waals surface area contributed by atoms with Crippen LogP contribution in [0.3, 0.4) is 0 Å². The summed E-state index contributed by atoms with van der Waals surface area (Å²) in [5, 5.41) is 2.90. The van der Waals surface area contributed by atoms with Crippen LogP contribution in [0.5, 0.6) is 5.88 Å². The standard InChI is InChI=1S/C14H21N3O3/c1-10-8-17(9-11(2)20-10)14(18)16-7-12-5-4-6-15-13(12)19-3/h4-6,10-11H,7-9H2,1-3H3,(H,16,18)/t10-,11+. The fourth-order valence-electron chi connectivity index (χ4n) is 2.37. The minimum Gasteiger partial charge on any atom is -0.481 e. The lowest BCUT2D eigenvalue weighted by Gasteiger charge is -2.35. The molecule has 0 spiro atoms. The Morgan fingerprint density at radius 3 is 2.85 bits per heavy atom. The number of nitrogens with zero attached hydrogens (tertiary/aromatic N) is 2. The van der Waals surface area contributed by atoms with Crippen LogP contribution in [0.1, 0.15) is 19.4 Å². The molecule has 1 aromatic heterocycles. The monoisotopic (exact) mass is 279 g/mol. The van der Waals surface area contributed by atoms with Crippen LogP contribution in [0, 0.1) is 0 Å². The number of morpholine rings is 1. The molecule has 0 unspecified atom stereocenters. The summed E-state index contributed by atoms with van der Waals surface area (Å²) in [6.07, 6.45) is 1.80. The van der Waals surface area contributed by atoms with E-state index >= 15 is 0 Å². The summed E-state index contributed by atoms with van der Waals surface area (Å²) < 4.78 is 10.8. The molecular formula is C14H21N3O3. The van der Waals surface area contributed by atoms with Crippen molar-refractivity contribution >= 4 is 6.03 Å². The minimum atomic E-state index is -0.0853. The molecule has 0 aromatic carbocycles. The van der Waals surface area contributed by atoms with E-state index in [2.05, 4.69) is 10.3 Å². The molecule has 0 radical (unpaired) electrons. The summed E-state index contributed by atoms with van der Waals surface area (Å²) >= 11 is 0. The number of carbonyl (C=O) groups excluding carboxylic acids is 1. The third-order valence-electron chi connectivity index (χ3n) is 3.18. The van der Waals surface area contributed by atoms with Gasteiger partial charge in [-0.1, -0.05) is 6.07 Å². The van der Waals surface area contributed by atoms with Gasteiger partial charge in [0.25, 0.3) is 0 Å². The lowest BCUT2D eigenvalue weighted by atomic mass is 10.2. The van der Waals surface area contributed by atoms with Crippen molar-refractivity contribution in [3.63, 3.8) is 0 Å². The van der Waals surface area contributed by atoms with Crippen molar-refractivity contribution in [2.24, 2.45) is 0 Å². The number of amides is 2. The molecule has 0 bridgehead atoms. The Morgan fingerprint density at radius 2 is 2.20 bits per heavy atom. The van der Waals surface area contributed by atoms with Crippen LogP contribution in [0.2, 0.25) is 0 Å². The normalized spacial score (nSPS) is 22.4. The van der Waals surface area contributed by atoms with Crippen molar-refractivity contribution in [3.8, 4) is 5.88 Å². The predicted octanol–water partition coefficient (Wildman–Crippen LogP) is 1.41. The quantitative estimate of drug-likeness (QED) is 0.908. The number of nitrogens with one attached hydrogen (secondary N) is 1. The van der Waals surface area contributed by atoms with Crippen molar-refractivity contribution < 1.29 is 14.3 Å². The second-order valence-corrected chi connectivity index (χ2v) is 4.99. The molecule has 1 aromatic rings. The highest BCUT2D eigenvalue weighted by molar-refractivity contribution is 5.74. The number of rotatable bonds is 3. The molecule has 1 saturated heterocycles. The van der Waals surface area contributed by atoms with Crippen molar-refractivity contribution in [1.29, 1.82) is 0 Å². The van der Waals surface area contributed by atoms with Gasteiger partial charge in [-0.3, -0.25) is 0 Å². The maximum absolute atomic E-state index is 12.2. The molecule has 1 aliphatic heterocycles. The lowest BCUT2D eigenvalue weighted by Crippen LogP contribution is -2.51. The van der Waals surface area contributed by atoms with Crippen LogP contribution in [0.15, 0.2) is 18.3 Å². The smallest absolute Gasteiger partial charge is 0.317 e. The van der Waals surface area contributed by atoms with Crippen LogP contribution in [-0.4, -0.2) is 48.3 Å². The Balaban J connectivity index is 1.91. The van der Waals surface area contributed by atoms with Gasteiger partial charge in [0.1, 0.15) is 0 Å². The Labute approximate surface area is 119 Å². The van der Waals surface area contributed by atoms with Gasteiger partial charge in [-0.25, -0.2) is 9.78 Å². The fourth-order valence-corrected chi connectivity index (χ4v) is 2.37. The van der Waals surface area contributed by atoms with Crippen LogP contribution >= 0.6 is 0 Å². The number of hydrogen-bond donors (Lipinski definition) is 1. The number of aromatic nitrogens is 1. The SMILES string of the molecule is COc1ncccc1CNC(=O)N1C[C@@H](C)O[C@@H](C)C1. The van der Waals surface area contributed by atoms with E-state index in [0.29, 0.717) is 25.5 Å². The predicted molar refractivity (Wildman–Crippen MR) is 74.6 cm³/mol. The van der Waals surface area contributed by atoms with E-state index in [1.807, 2.05) is 26.0 Å². The molecule has 20 heavy (non-hydrogen) atoms. The Bertz CT molecular complexity index is 457. The van der Waals surface area contributed by atoms with E-state index in [4.69, 9.17) is 9.47 Å². The summed E-state index contributed by atoms with van der Waals surface area (Å²) in [5.41, 5.74) is 0.859. The maximum Gasteiger partial charge on any atom is 0.317 e. The highest BCUT2D eigenvalue weighted by atomic mass is 16.5. The first-order chi connectivity index (χ1) is 9.60. The molecular weight excluding hydrogens is 258 g/mol. The molecule has 0 saturated carbocycles. The van der Waals surface area contributed by atoms with Gasteiger partial charge < -0.3 is 19.7 Å². The number of methoxy groups -OCH3 is 1. The van der Waals surface area contributed by atoms with Crippen molar-refractivity contribution in [1.82, 2.24) is 15.2 Å². The van der Waals surface area contributed by atoms with Gasteiger partial charge in [-0.05, 0) is 19.9 Å². The molecule has 1 fully saturated rings. The van der Waals surface area contributed by atoms with Crippen LogP contribution in [0.25, 0.3) is 0 Å². The van der Waals surface area contributed by atoms with Crippen LogP contribution < -0.4 is 10.1 Å². The first-order valence-corrected chi connectivity index (χ1v) is 6.76. The Hall–Kier alpha value is -1.82. The number of carbonyl (C=O) groups is 1. The summed E-state index contributed by atoms with van der Waals surface area (Å²) in [5.74, 6) is 0.538. The zero-order valence-electron chi connectivity index (χ0n) is 12.1. The van der Waals surface area contributed by atoms with Gasteiger partial charge in [0.15, 0.2) is 0 Å². The first-order valence-electron chi connectivity index (χ1n) is 6.76. The number of pyridine rings is 1. The molecule has 0 aliphatic carbocycles.